The number of anilines is 3. The molecule has 3 aromatic heterocycles. The second-order valence-electron chi connectivity index (χ2n) is 14.7. The topological polar surface area (TPSA) is 131 Å². The van der Waals surface area contributed by atoms with Crippen LogP contribution in [0.3, 0.4) is 0 Å². The highest BCUT2D eigenvalue weighted by atomic mass is 19.4. The highest BCUT2D eigenvalue weighted by Crippen LogP contribution is 2.39. The summed E-state index contributed by atoms with van der Waals surface area (Å²) in [7, 11) is 0. The lowest BCUT2D eigenvalue weighted by molar-refractivity contribution is -0.137. The van der Waals surface area contributed by atoms with Gasteiger partial charge in [0.1, 0.15) is 5.69 Å². The van der Waals surface area contributed by atoms with Gasteiger partial charge in [-0.15, -0.1) is 0 Å². The van der Waals surface area contributed by atoms with E-state index in [1.54, 1.807) is 63.4 Å². The molecule has 4 amide bonds. The fourth-order valence-corrected chi connectivity index (χ4v) is 7.86. The van der Waals surface area contributed by atoms with Crippen molar-refractivity contribution in [2.75, 3.05) is 60.9 Å². The van der Waals surface area contributed by atoms with Crippen LogP contribution in [0.5, 0.6) is 0 Å². The molecule has 58 heavy (non-hydrogen) atoms. The van der Waals surface area contributed by atoms with Gasteiger partial charge >= 0.3 is 12.2 Å². The van der Waals surface area contributed by atoms with Crippen molar-refractivity contribution in [1.82, 2.24) is 34.7 Å². The Morgan fingerprint density at radius 2 is 1.72 bits per heavy atom. The number of piperazine rings is 1. The van der Waals surface area contributed by atoms with Gasteiger partial charge in [-0.1, -0.05) is 12.0 Å². The van der Waals surface area contributed by atoms with Crippen LogP contribution in [-0.2, 0) is 17.5 Å². The number of imidazole rings is 1. The molecule has 0 bridgehead atoms. The van der Waals surface area contributed by atoms with Crippen molar-refractivity contribution in [3.8, 4) is 11.8 Å². The molecule has 3 aliphatic rings. The summed E-state index contributed by atoms with van der Waals surface area (Å²) in [5, 5.41) is 9.29. The van der Waals surface area contributed by atoms with Crippen molar-refractivity contribution in [2.24, 2.45) is 0 Å². The van der Waals surface area contributed by atoms with Crippen LogP contribution in [0.4, 0.5) is 35.0 Å². The van der Waals surface area contributed by atoms with Gasteiger partial charge in [-0.3, -0.25) is 34.6 Å². The summed E-state index contributed by atoms with van der Waals surface area (Å²) in [5.41, 5.74) is 3.92. The minimum atomic E-state index is -4.64. The fraction of sp³-hybridized carbons (Fsp3) is 0.333. The lowest BCUT2D eigenvalue weighted by Gasteiger charge is -2.44. The summed E-state index contributed by atoms with van der Waals surface area (Å²) in [4.78, 5) is 54.0. The Balaban J connectivity index is 0.875. The number of alkyl halides is 3. The van der Waals surface area contributed by atoms with E-state index in [0.717, 1.165) is 43.1 Å². The molecule has 0 spiro atoms. The molecule has 0 aliphatic carbocycles. The Bertz CT molecular complexity index is 2420. The molecule has 3 fully saturated rings. The third-order valence-corrected chi connectivity index (χ3v) is 11.0. The molecule has 13 nitrogen and oxygen atoms in total. The van der Waals surface area contributed by atoms with E-state index in [1.165, 1.54) is 12.1 Å². The van der Waals surface area contributed by atoms with Crippen LogP contribution in [0.25, 0.3) is 5.65 Å². The van der Waals surface area contributed by atoms with Gasteiger partial charge in [-0.05, 0) is 98.4 Å². The van der Waals surface area contributed by atoms with Crippen molar-refractivity contribution >= 4 is 40.6 Å². The summed E-state index contributed by atoms with van der Waals surface area (Å²) in [6.45, 7) is 6.61. The summed E-state index contributed by atoms with van der Waals surface area (Å²) >= 11 is 0. The lowest BCUT2D eigenvalue weighted by Crippen LogP contribution is -2.53. The van der Waals surface area contributed by atoms with Gasteiger partial charge in [-0.25, -0.2) is 14.3 Å². The Kier molecular flexibility index (Phi) is 10.8. The average Bonchev–Trinajstić information content (AvgIpc) is 3.64. The third-order valence-electron chi connectivity index (χ3n) is 11.0. The number of nitrogens with zero attached hydrogens (tertiary/aromatic N) is 8. The normalized spacial score (nSPS) is 17.2. The first-order valence-electron chi connectivity index (χ1n) is 19.2. The summed E-state index contributed by atoms with van der Waals surface area (Å²) < 4.78 is 45.2. The van der Waals surface area contributed by atoms with Crippen molar-refractivity contribution in [3.63, 3.8) is 0 Å². The van der Waals surface area contributed by atoms with Crippen molar-refractivity contribution in [1.29, 1.82) is 0 Å². The van der Waals surface area contributed by atoms with E-state index in [0.29, 0.717) is 67.9 Å². The molecule has 0 atom stereocenters. The number of carbonyl (C=O) groups excluding carboxylic acids is 3. The number of amides is 4. The maximum atomic E-state index is 14.5. The van der Waals surface area contributed by atoms with Crippen molar-refractivity contribution in [3.05, 3.63) is 113 Å². The second-order valence-corrected chi connectivity index (χ2v) is 14.7. The molecule has 6 heterocycles. The van der Waals surface area contributed by atoms with Gasteiger partial charge in [-0.2, -0.15) is 18.3 Å². The van der Waals surface area contributed by atoms with Crippen LogP contribution in [-0.4, -0.2) is 99.1 Å². The van der Waals surface area contributed by atoms with Gasteiger partial charge in [0.05, 0.1) is 23.6 Å². The molecule has 0 radical (unpaired) electrons. The molecule has 3 aliphatic heterocycles. The minimum absolute atomic E-state index is 0.0460. The first-order valence-corrected chi connectivity index (χ1v) is 19.2. The molecule has 3 saturated heterocycles. The quantitative estimate of drug-likeness (QED) is 0.210. The zero-order chi connectivity index (χ0) is 40.4. The second kappa shape index (κ2) is 16.3. The maximum Gasteiger partial charge on any atom is 0.418 e. The Morgan fingerprint density at radius 3 is 2.50 bits per heavy atom. The van der Waals surface area contributed by atoms with E-state index in [-0.39, 0.29) is 29.3 Å². The van der Waals surface area contributed by atoms with Crippen LogP contribution in [0.1, 0.15) is 57.6 Å². The van der Waals surface area contributed by atoms with E-state index in [1.807, 2.05) is 19.1 Å². The molecule has 0 saturated carbocycles. The van der Waals surface area contributed by atoms with Gasteiger partial charge in [0.2, 0.25) is 5.91 Å². The van der Waals surface area contributed by atoms with Gasteiger partial charge in [0.15, 0.2) is 5.65 Å². The van der Waals surface area contributed by atoms with E-state index in [9.17, 15) is 27.6 Å². The Hall–Kier alpha value is -6.31. The summed E-state index contributed by atoms with van der Waals surface area (Å²) in [6.07, 6.45) is 4.03. The molecule has 2 aromatic carbocycles. The highest BCUT2D eigenvalue weighted by Gasteiger charge is 2.37. The van der Waals surface area contributed by atoms with Gasteiger partial charge < -0.3 is 10.2 Å². The number of aryl methyl sites for hydroxylation is 1. The third kappa shape index (κ3) is 8.36. The van der Waals surface area contributed by atoms with Crippen LogP contribution in [0, 0.1) is 18.8 Å². The molecule has 2 N–H and O–H groups in total. The molecular weight excluding hydrogens is 750 g/mol. The van der Waals surface area contributed by atoms with E-state index in [2.05, 4.69) is 47.3 Å². The van der Waals surface area contributed by atoms with E-state index >= 15 is 0 Å². The van der Waals surface area contributed by atoms with Gasteiger partial charge in [0.25, 0.3) is 5.91 Å². The summed E-state index contributed by atoms with van der Waals surface area (Å²) in [6, 6.07) is 14.3. The summed E-state index contributed by atoms with van der Waals surface area (Å²) in [5.74, 6) is 5.29. The van der Waals surface area contributed by atoms with Crippen LogP contribution in [0.15, 0.2) is 79.4 Å². The smallest absolute Gasteiger partial charge is 0.368 e. The van der Waals surface area contributed by atoms with Gasteiger partial charge in [0, 0.05) is 86.6 Å². The Labute approximate surface area is 332 Å². The number of piperidine rings is 1. The fourth-order valence-electron chi connectivity index (χ4n) is 7.86. The Morgan fingerprint density at radius 1 is 0.914 bits per heavy atom. The molecule has 16 heteroatoms. The number of hydrogen-bond donors (Lipinski definition) is 2. The van der Waals surface area contributed by atoms with E-state index in [4.69, 9.17) is 0 Å². The first-order chi connectivity index (χ1) is 28.0. The number of urea groups is 1. The molecule has 298 valence electrons. The van der Waals surface area contributed by atoms with Crippen LogP contribution < -0.4 is 20.4 Å². The predicted molar refractivity (Wildman–Crippen MR) is 211 cm³/mol. The molecule has 0 unspecified atom stereocenters. The lowest BCUT2D eigenvalue weighted by atomic mass is 10.0. The number of pyridine rings is 1. The van der Waals surface area contributed by atoms with Crippen molar-refractivity contribution < 1.29 is 27.6 Å². The number of benzene rings is 2. The predicted octanol–water partition coefficient (Wildman–Crippen LogP) is 5.34. The largest absolute Gasteiger partial charge is 0.418 e. The number of fused-ring (bicyclic) bond motifs is 1. The first kappa shape index (κ1) is 38.6. The zero-order valence-electron chi connectivity index (χ0n) is 31.8. The average molecular weight is 791 g/mol. The van der Waals surface area contributed by atoms with Crippen molar-refractivity contribution in [2.45, 2.75) is 44.9 Å². The van der Waals surface area contributed by atoms with Crippen LogP contribution >= 0.6 is 0 Å². The molecule has 8 rings (SSSR count). The number of aromatic nitrogens is 4. The standard InChI is InChI=1S/C42H41F3N10O3/c1-28-4-5-30(23-29(28)6-8-34-25-47-38-3-2-14-48-55(34)38)40(57)49-32-7-9-36(35(24-32)42(43,44)45)53-21-19-52(20-22-53)33-11-16-51(17-12-33)27-31-10-15-46-26-37(31)54-18-13-39(56)50-41(54)58/h2-5,7,9-10,14-15,23-26,33H,11-13,16-22,27H2,1H3,(H,49,57)(H,50,56,58). The maximum absolute atomic E-state index is 14.5. The number of likely N-dealkylation sites (tertiary alicyclic amines) is 1. The number of imide groups is 1. The van der Waals surface area contributed by atoms with Crippen LogP contribution in [0.2, 0.25) is 0 Å². The minimum Gasteiger partial charge on any atom is -0.368 e. The van der Waals surface area contributed by atoms with E-state index < -0.39 is 23.7 Å². The number of rotatable bonds is 7. The number of halogens is 3. The SMILES string of the molecule is Cc1ccc(C(=O)Nc2ccc(N3CCN(C4CCN(Cc5ccncc5N5CCC(=O)NC5=O)CC4)CC3)c(C(F)(F)F)c2)cc1C#Cc1cnc2cccnn12. The highest BCUT2D eigenvalue weighted by molar-refractivity contribution is 6.06. The zero-order valence-corrected chi connectivity index (χ0v) is 31.8. The number of hydrogen-bond acceptors (Lipinski definition) is 9. The number of nitrogens with one attached hydrogen (secondary N) is 2. The molecular formula is C42H41F3N10O3. The molecule has 5 aromatic rings. The monoisotopic (exact) mass is 790 g/mol. The number of carbonyl (C=O) groups is 3.